The number of ether oxygens (including phenoxy) is 2. The third-order valence-electron chi connectivity index (χ3n) is 3.80. The first-order valence-electron chi connectivity index (χ1n) is 7.03. The van der Waals surface area contributed by atoms with Gasteiger partial charge in [-0.3, -0.25) is 4.90 Å². The molecule has 2 aliphatic rings. The Bertz CT molecular complexity index is 658. The van der Waals surface area contributed by atoms with Crippen LogP contribution in [0.15, 0.2) is 23.6 Å². The van der Waals surface area contributed by atoms with E-state index in [4.69, 9.17) is 14.5 Å². The van der Waals surface area contributed by atoms with Crippen molar-refractivity contribution in [2.75, 3.05) is 19.9 Å². The van der Waals surface area contributed by atoms with Crippen LogP contribution in [0, 0.1) is 0 Å². The Morgan fingerprint density at radius 3 is 3.10 bits per heavy atom. The minimum Gasteiger partial charge on any atom is -0.454 e. The lowest BCUT2D eigenvalue weighted by atomic mass is 10.2. The Hall–Kier alpha value is -1.63. The van der Waals surface area contributed by atoms with Gasteiger partial charge in [0.15, 0.2) is 11.5 Å². The number of aliphatic hydroxyl groups is 1. The Kier molecular flexibility index (Phi) is 3.29. The number of benzene rings is 1. The maximum Gasteiger partial charge on any atom is 0.231 e. The van der Waals surface area contributed by atoms with Crippen LogP contribution in [0.25, 0.3) is 10.6 Å². The molecule has 0 unspecified atom stereocenters. The fourth-order valence-electron chi connectivity index (χ4n) is 2.73. The Labute approximate surface area is 126 Å². The molecule has 1 aromatic heterocycles. The highest BCUT2D eigenvalue weighted by molar-refractivity contribution is 7.13. The van der Waals surface area contributed by atoms with E-state index in [1.165, 1.54) is 0 Å². The predicted molar refractivity (Wildman–Crippen MR) is 79.6 cm³/mol. The number of thiazole rings is 1. The summed E-state index contributed by atoms with van der Waals surface area (Å²) in [6.45, 7) is 2.78. The second-order valence-electron chi connectivity index (χ2n) is 5.39. The predicted octanol–water partition coefficient (Wildman–Crippen LogP) is 2.11. The third-order valence-corrected chi connectivity index (χ3v) is 4.74. The fraction of sp³-hybridized carbons (Fsp3) is 0.400. The van der Waals surface area contributed by atoms with Crippen LogP contribution in [0.3, 0.4) is 0 Å². The summed E-state index contributed by atoms with van der Waals surface area (Å²) in [6, 6.07) is 5.91. The molecule has 6 heteroatoms. The van der Waals surface area contributed by atoms with Crippen LogP contribution in [0.1, 0.15) is 12.1 Å². The van der Waals surface area contributed by atoms with Gasteiger partial charge in [-0.15, -0.1) is 11.3 Å². The van der Waals surface area contributed by atoms with Gasteiger partial charge in [-0.05, 0) is 24.6 Å². The molecule has 0 aliphatic carbocycles. The number of nitrogens with zero attached hydrogens (tertiary/aromatic N) is 2. The number of likely N-dealkylation sites (tertiary alicyclic amines) is 1. The maximum absolute atomic E-state index is 9.57. The van der Waals surface area contributed by atoms with E-state index in [0.717, 1.165) is 53.8 Å². The molecule has 1 saturated heterocycles. The molecule has 5 nitrogen and oxygen atoms in total. The number of hydrogen-bond acceptors (Lipinski definition) is 6. The van der Waals surface area contributed by atoms with Gasteiger partial charge in [-0.25, -0.2) is 4.98 Å². The SMILES string of the molecule is O[C@H]1CCN(Cc2csc(-c3ccc4c(c3)OCO4)n2)C1. The van der Waals surface area contributed by atoms with Crippen molar-refractivity contribution in [3.8, 4) is 22.1 Å². The van der Waals surface area contributed by atoms with Crippen LogP contribution >= 0.6 is 11.3 Å². The van der Waals surface area contributed by atoms with E-state index in [0.29, 0.717) is 6.79 Å². The monoisotopic (exact) mass is 304 g/mol. The molecule has 110 valence electrons. The first-order valence-corrected chi connectivity index (χ1v) is 7.91. The molecule has 0 saturated carbocycles. The van der Waals surface area contributed by atoms with Gasteiger partial charge < -0.3 is 14.6 Å². The summed E-state index contributed by atoms with van der Waals surface area (Å²) >= 11 is 1.64. The summed E-state index contributed by atoms with van der Waals surface area (Å²) in [4.78, 5) is 6.93. The Morgan fingerprint density at radius 2 is 2.24 bits per heavy atom. The number of rotatable bonds is 3. The van der Waals surface area contributed by atoms with Gasteiger partial charge in [0.2, 0.25) is 6.79 Å². The van der Waals surface area contributed by atoms with Gasteiger partial charge in [-0.2, -0.15) is 0 Å². The van der Waals surface area contributed by atoms with Crippen molar-refractivity contribution in [3.63, 3.8) is 0 Å². The molecular weight excluding hydrogens is 288 g/mol. The van der Waals surface area contributed by atoms with Crippen LogP contribution in [-0.2, 0) is 6.54 Å². The zero-order chi connectivity index (χ0) is 14.2. The van der Waals surface area contributed by atoms with Crippen molar-refractivity contribution in [2.24, 2.45) is 0 Å². The van der Waals surface area contributed by atoms with Crippen molar-refractivity contribution in [2.45, 2.75) is 19.1 Å². The van der Waals surface area contributed by atoms with Crippen molar-refractivity contribution in [3.05, 3.63) is 29.3 Å². The van der Waals surface area contributed by atoms with Gasteiger partial charge in [0.05, 0.1) is 11.8 Å². The van der Waals surface area contributed by atoms with E-state index in [-0.39, 0.29) is 6.10 Å². The summed E-state index contributed by atoms with van der Waals surface area (Å²) in [5.74, 6) is 1.58. The zero-order valence-corrected chi connectivity index (χ0v) is 12.3. The molecule has 0 amide bonds. The normalized spacial score (nSPS) is 21.1. The van der Waals surface area contributed by atoms with Crippen LogP contribution in [-0.4, -0.2) is 41.0 Å². The van der Waals surface area contributed by atoms with E-state index in [2.05, 4.69) is 10.3 Å². The molecule has 4 rings (SSSR count). The molecule has 0 bridgehead atoms. The van der Waals surface area contributed by atoms with Crippen LogP contribution in [0.4, 0.5) is 0 Å². The molecule has 1 aromatic carbocycles. The molecule has 2 aliphatic heterocycles. The highest BCUT2D eigenvalue weighted by atomic mass is 32.1. The first kappa shape index (κ1) is 13.1. The Balaban J connectivity index is 1.51. The average molecular weight is 304 g/mol. The van der Waals surface area contributed by atoms with Crippen molar-refractivity contribution in [1.82, 2.24) is 9.88 Å². The van der Waals surface area contributed by atoms with E-state index < -0.39 is 0 Å². The summed E-state index contributed by atoms with van der Waals surface area (Å²) in [5.41, 5.74) is 2.11. The number of hydrogen-bond donors (Lipinski definition) is 1. The zero-order valence-electron chi connectivity index (χ0n) is 11.5. The summed E-state index contributed by atoms with van der Waals surface area (Å²) in [6.07, 6.45) is 0.677. The lowest BCUT2D eigenvalue weighted by Gasteiger charge is -2.12. The standard InChI is InChI=1S/C15H16N2O3S/c18-12-3-4-17(7-12)6-11-8-21-15(16-11)10-1-2-13-14(5-10)20-9-19-13/h1-2,5,8,12,18H,3-4,6-7,9H2/t12-/m0/s1. The van der Waals surface area contributed by atoms with Crippen molar-refractivity contribution in [1.29, 1.82) is 0 Å². The average Bonchev–Trinajstić information content (AvgIpc) is 3.19. The fourth-order valence-corrected chi connectivity index (χ4v) is 3.53. The van der Waals surface area contributed by atoms with Crippen LogP contribution in [0.2, 0.25) is 0 Å². The second-order valence-corrected chi connectivity index (χ2v) is 6.25. The molecular formula is C15H16N2O3S. The van der Waals surface area contributed by atoms with E-state index in [1.807, 2.05) is 18.2 Å². The number of aliphatic hydroxyl groups excluding tert-OH is 1. The van der Waals surface area contributed by atoms with Gasteiger partial charge in [-0.1, -0.05) is 0 Å². The van der Waals surface area contributed by atoms with Gasteiger partial charge in [0, 0.05) is 30.6 Å². The lowest BCUT2D eigenvalue weighted by Crippen LogP contribution is -2.21. The first-order chi connectivity index (χ1) is 10.3. The molecule has 1 N–H and O–H groups in total. The third kappa shape index (κ3) is 2.62. The van der Waals surface area contributed by atoms with Crippen LogP contribution in [0.5, 0.6) is 11.5 Å². The molecule has 0 spiro atoms. The van der Waals surface area contributed by atoms with E-state index in [1.54, 1.807) is 11.3 Å². The molecule has 1 fully saturated rings. The molecule has 21 heavy (non-hydrogen) atoms. The molecule has 1 atom stereocenters. The minimum absolute atomic E-state index is 0.183. The van der Waals surface area contributed by atoms with Crippen molar-refractivity contribution < 1.29 is 14.6 Å². The molecule has 3 heterocycles. The summed E-state index contributed by atoms with van der Waals surface area (Å²) in [7, 11) is 0. The minimum atomic E-state index is -0.183. The molecule has 0 radical (unpaired) electrons. The highest BCUT2D eigenvalue weighted by Crippen LogP contribution is 2.36. The van der Waals surface area contributed by atoms with Gasteiger partial charge >= 0.3 is 0 Å². The number of aromatic nitrogens is 1. The summed E-state index contributed by atoms with van der Waals surface area (Å²) < 4.78 is 10.7. The van der Waals surface area contributed by atoms with Crippen LogP contribution < -0.4 is 9.47 Å². The number of β-amino-alcohol motifs (C(OH)–C–C–N with tert-alkyl or cyclic N) is 1. The lowest BCUT2D eigenvalue weighted by molar-refractivity contribution is 0.173. The second kappa shape index (κ2) is 5.29. The smallest absolute Gasteiger partial charge is 0.231 e. The maximum atomic E-state index is 9.57. The topological polar surface area (TPSA) is 54.8 Å². The van der Waals surface area contributed by atoms with Crippen molar-refractivity contribution >= 4 is 11.3 Å². The highest BCUT2D eigenvalue weighted by Gasteiger charge is 2.21. The summed E-state index contributed by atoms with van der Waals surface area (Å²) in [5, 5.41) is 12.6. The Morgan fingerprint density at radius 1 is 1.33 bits per heavy atom. The number of fused-ring (bicyclic) bond motifs is 1. The van der Waals surface area contributed by atoms with Gasteiger partial charge in [0.1, 0.15) is 5.01 Å². The van der Waals surface area contributed by atoms with E-state index >= 15 is 0 Å². The largest absolute Gasteiger partial charge is 0.454 e. The van der Waals surface area contributed by atoms with E-state index in [9.17, 15) is 5.11 Å². The van der Waals surface area contributed by atoms with Gasteiger partial charge in [0.25, 0.3) is 0 Å². The molecule has 2 aromatic rings. The quantitative estimate of drug-likeness (QED) is 0.941.